The van der Waals surface area contributed by atoms with Crippen molar-refractivity contribution in [3.8, 4) is 0 Å². The predicted molar refractivity (Wildman–Crippen MR) is 90.2 cm³/mol. The average Bonchev–Trinajstić information content (AvgIpc) is 3.13. The van der Waals surface area contributed by atoms with Crippen molar-refractivity contribution in [2.75, 3.05) is 37.6 Å². The predicted octanol–water partition coefficient (Wildman–Crippen LogP) is 2.25. The van der Waals surface area contributed by atoms with E-state index in [1.54, 1.807) is 18.4 Å². The first kappa shape index (κ1) is 16.5. The lowest BCUT2D eigenvalue weighted by Crippen LogP contribution is -2.47. The Labute approximate surface area is 141 Å². The Morgan fingerprint density at radius 3 is 2.62 bits per heavy atom. The molecular formula is C18H22FN3O2. The number of piperazine rings is 1. The molecule has 1 aliphatic heterocycles. The molecule has 5 nitrogen and oxygen atoms in total. The molecule has 1 amide bonds. The Kier molecular flexibility index (Phi) is 5.48. The van der Waals surface area contributed by atoms with Gasteiger partial charge in [-0.2, -0.15) is 0 Å². The number of rotatable bonds is 6. The van der Waals surface area contributed by atoms with Crippen LogP contribution in [0.2, 0.25) is 0 Å². The zero-order valence-corrected chi connectivity index (χ0v) is 13.6. The largest absolute Gasteiger partial charge is 0.467 e. The highest BCUT2D eigenvalue weighted by atomic mass is 19.1. The molecule has 128 valence electrons. The van der Waals surface area contributed by atoms with Gasteiger partial charge in [-0.25, -0.2) is 4.39 Å². The summed E-state index contributed by atoms with van der Waals surface area (Å²) in [7, 11) is 0. The van der Waals surface area contributed by atoms with Gasteiger partial charge in [-0.3, -0.25) is 9.69 Å². The van der Waals surface area contributed by atoms with Crippen molar-refractivity contribution >= 4 is 11.6 Å². The minimum atomic E-state index is -0.178. The van der Waals surface area contributed by atoms with Crippen LogP contribution >= 0.6 is 0 Å². The number of benzene rings is 1. The van der Waals surface area contributed by atoms with E-state index in [0.29, 0.717) is 18.7 Å². The van der Waals surface area contributed by atoms with Gasteiger partial charge in [0.05, 0.1) is 18.5 Å². The molecule has 1 aromatic heterocycles. The number of amides is 1. The van der Waals surface area contributed by atoms with Crippen LogP contribution in [0, 0.1) is 5.82 Å². The minimum absolute atomic E-state index is 0.0166. The summed E-state index contributed by atoms with van der Waals surface area (Å²) in [6, 6.07) is 10.5. The van der Waals surface area contributed by atoms with Crippen molar-refractivity contribution in [1.82, 2.24) is 10.2 Å². The first-order valence-electron chi connectivity index (χ1n) is 8.23. The number of carbonyl (C=O) groups excluding carboxylic acids is 1. The summed E-state index contributed by atoms with van der Waals surface area (Å²) in [6.07, 6.45) is 2.05. The Bertz CT molecular complexity index is 652. The molecule has 1 aromatic carbocycles. The molecule has 0 unspecified atom stereocenters. The first-order chi connectivity index (χ1) is 11.7. The van der Waals surface area contributed by atoms with Crippen molar-refractivity contribution in [3.05, 3.63) is 54.2 Å². The maximum absolute atomic E-state index is 13.8. The standard InChI is InChI=1S/C18H22FN3O2/c19-16-5-1-2-6-17(16)22-11-9-21(10-12-22)8-7-18(23)20-14-15-4-3-13-24-15/h1-6,13H,7-12,14H2,(H,20,23). The Morgan fingerprint density at radius 2 is 1.92 bits per heavy atom. The molecular weight excluding hydrogens is 309 g/mol. The fourth-order valence-corrected chi connectivity index (χ4v) is 2.87. The molecule has 1 N–H and O–H groups in total. The summed E-state index contributed by atoms with van der Waals surface area (Å²) in [4.78, 5) is 16.2. The molecule has 1 aliphatic rings. The first-order valence-corrected chi connectivity index (χ1v) is 8.23. The van der Waals surface area contributed by atoms with Gasteiger partial charge in [0.15, 0.2) is 0 Å². The van der Waals surface area contributed by atoms with E-state index in [9.17, 15) is 9.18 Å². The van der Waals surface area contributed by atoms with E-state index in [1.807, 2.05) is 18.2 Å². The van der Waals surface area contributed by atoms with E-state index < -0.39 is 0 Å². The van der Waals surface area contributed by atoms with E-state index in [4.69, 9.17) is 4.42 Å². The second kappa shape index (κ2) is 7.97. The number of hydrogen-bond donors (Lipinski definition) is 1. The van der Waals surface area contributed by atoms with Gasteiger partial charge < -0.3 is 14.6 Å². The van der Waals surface area contributed by atoms with Crippen molar-refractivity contribution in [1.29, 1.82) is 0 Å². The third-order valence-electron chi connectivity index (χ3n) is 4.26. The Morgan fingerprint density at radius 1 is 1.12 bits per heavy atom. The second-order valence-corrected chi connectivity index (χ2v) is 5.89. The van der Waals surface area contributed by atoms with Crippen LogP contribution in [0.25, 0.3) is 0 Å². The van der Waals surface area contributed by atoms with Gasteiger partial charge >= 0.3 is 0 Å². The zero-order valence-electron chi connectivity index (χ0n) is 13.6. The summed E-state index contributed by atoms with van der Waals surface area (Å²) in [6.45, 7) is 4.35. The Balaban J connectivity index is 1.38. The highest BCUT2D eigenvalue weighted by Crippen LogP contribution is 2.20. The third-order valence-corrected chi connectivity index (χ3v) is 4.26. The quantitative estimate of drug-likeness (QED) is 0.882. The van der Waals surface area contributed by atoms with E-state index in [0.717, 1.165) is 38.5 Å². The maximum Gasteiger partial charge on any atom is 0.221 e. The van der Waals surface area contributed by atoms with Crippen LogP contribution in [0.4, 0.5) is 10.1 Å². The number of furan rings is 1. The topological polar surface area (TPSA) is 48.7 Å². The fraction of sp³-hybridized carbons (Fsp3) is 0.389. The maximum atomic E-state index is 13.8. The molecule has 2 heterocycles. The van der Waals surface area contributed by atoms with Crippen LogP contribution in [0.3, 0.4) is 0 Å². The fourth-order valence-electron chi connectivity index (χ4n) is 2.87. The van der Waals surface area contributed by atoms with Gasteiger partial charge in [0.1, 0.15) is 11.6 Å². The van der Waals surface area contributed by atoms with Crippen molar-refractivity contribution < 1.29 is 13.6 Å². The van der Waals surface area contributed by atoms with Crippen LogP contribution in [0.1, 0.15) is 12.2 Å². The van der Waals surface area contributed by atoms with Crippen molar-refractivity contribution in [3.63, 3.8) is 0 Å². The molecule has 0 bridgehead atoms. The van der Waals surface area contributed by atoms with E-state index >= 15 is 0 Å². The lowest BCUT2D eigenvalue weighted by Gasteiger charge is -2.36. The van der Waals surface area contributed by atoms with Gasteiger partial charge in [0.25, 0.3) is 0 Å². The molecule has 6 heteroatoms. The van der Waals surface area contributed by atoms with Gasteiger partial charge in [-0.1, -0.05) is 12.1 Å². The van der Waals surface area contributed by atoms with Crippen LogP contribution in [-0.2, 0) is 11.3 Å². The highest BCUT2D eigenvalue weighted by Gasteiger charge is 2.19. The number of para-hydroxylation sites is 1. The monoisotopic (exact) mass is 331 g/mol. The number of halogens is 1. The molecule has 24 heavy (non-hydrogen) atoms. The lowest BCUT2D eigenvalue weighted by molar-refractivity contribution is -0.121. The molecule has 0 spiro atoms. The number of hydrogen-bond acceptors (Lipinski definition) is 4. The minimum Gasteiger partial charge on any atom is -0.467 e. The molecule has 0 saturated carbocycles. The van der Waals surface area contributed by atoms with Gasteiger partial charge in [-0.15, -0.1) is 0 Å². The van der Waals surface area contributed by atoms with Gasteiger partial charge in [0, 0.05) is 39.1 Å². The summed E-state index contributed by atoms with van der Waals surface area (Å²) in [5.74, 6) is 0.591. The molecule has 0 aliphatic carbocycles. The van der Waals surface area contributed by atoms with Crippen molar-refractivity contribution in [2.45, 2.75) is 13.0 Å². The molecule has 2 aromatic rings. The van der Waals surface area contributed by atoms with E-state index in [1.165, 1.54) is 6.07 Å². The van der Waals surface area contributed by atoms with Crippen LogP contribution in [0.15, 0.2) is 47.1 Å². The smallest absolute Gasteiger partial charge is 0.221 e. The van der Waals surface area contributed by atoms with Crippen molar-refractivity contribution in [2.24, 2.45) is 0 Å². The van der Waals surface area contributed by atoms with E-state index in [-0.39, 0.29) is 11.7 Å². The van der Waals surface area contributed by atoms with E-state index in [2.05, 4.69) is 15.1 Å². The normalized spacial score (nSPS) is 15.5. The summed E-state index contributed by atoms with van der Waals surface area (Å²) >= 11 is 0. The SMILES string of the molecule is O=C(CCN1CCN(c2ccccc2F)CC1)NCc1ccco1. The number of anilines is 1. The number of nitrogens with zero attached hydrogens (tertiary/aromatic N) is 2. The molecule has 0 radical (unpaired) electrons. The average molecular weight is 331 g/mol. The summed E-state index contributed by atoms with van der Waals surface area (Å²) in [5.41, 5.74) is 0.661. The third kappa shape index (κ3) is 4.35. The number of nitrogens with one attached hydrogen (secondary N) is 1. The van der Waals surface area contributed by atoms with Crippen LogP contribution in [0.5, 0.6) is 0 Å². The van der Waals surface area contributed by atoms with Crippen LogP contribution < -0.4 is 10.2 Å². The zero-order chi connectivity index (χ0) is 16.8. The second-order valence-electron chi connectivity index (χ2n) is 5.89. The molecule has 0 atom stereocenters. The van der Waals surface area contributed by atoms with Gasteiger partial charge in [-0.05, 0) is 24.3 Å². The Hall–Kier alpha value is -2.34. The van der Waals surface area contributed by atoms with Crippen LogP contribution in [-0.4, -0.2) is 43.5 Å². The molecule has 1 fully saturated rings. The van der Waals surface area contributed by atoms with Gasteiger partial charge in [0.2, 0.25) is 5.91 Å². The summed E-state index contributed by atoms with van der Waals surface area (Å²) < 4.78 is 19.0. The molecule has 3 rings (SSSR count). The number of carbonyl (C=O) groups is 1. The summed E-state index contributed by atoms with van der Waals surface area (Å²) in [5, 5.41) is 2.85. The highest BCUT2D eigenvalue weighted by molar-refractivity contribution is 5.75. The molecule has 1 saturated heterocycles. The lowest BCUT2D eigenvalue weighted by atomic mass is 10.2.